The number of nitrogens with zero attached hydrogens (tertiary/aromatic N) is 1. The third-order valence-corrected chi connectivity index (χ3v) is 4.65. The van der Waals surface area contributed by atoms with Crippen molar-refractivity contribution in [3.63, 3.8) is 0 Å². The average Bonchev–Trinajstić information content (AvgIpc) is 3.00. The molecule has 26 heavy (non-hydrogen) atoms. The van der Waals surface area contributed by atoms with Gasteiger partial charge in [0, 0.05) is 31.6 Å². The first kappa shape index (κ1) is 18.0. The molecule has 4 nitrogen and oxygen atoms in total. The fraction of sp³-hybridized carbons (Fsp3) is 0.227. The van der Waals surface area contributed by atoms with Gasteiger partial charge in [-0.2, -0.15) is 0 Å². The Labute approximate surface area is 154 Å². The summed E-state index contributed by atoms with van der Waals surface area (Å²) in [5.41, 5.74) is 11.4. The van der Waals surface area contributed by atoms with Crippen LogP contribution < -0.4 is 5.73 Å². The van der Waals surface area contributed by atoms with E-state index in [1.807, 2.05) is 31.2 Å². The Morgan fingerprint density at radius 1 is 1.00 bits per heavy atom. The van der Waals surface area contributed by atoms with Crippen LogP contribution in [0.1, 0.15) is 22.5 Å². The first-order valence-electron chi connectivity index (χ1n) is 8.76. The maximum absolute atomic E-state index is 11.8. The van der Waals surface area contributed by atoms with E-state index >= 15 is 0 Å². The van der Waals surface area contributed by atoms with Crippen molar-refractivity contribution >= 4 is 5.91 Å². The maximum atomic E-state index is 11.8. The summed E-state index contributed by atoms with van der Waals surface area (Å²) in [6.45, 7) is 3.40. The molecule has 0 aliphatic carbocycles. The minimum Gasteiger partial charge on any atom is -0.385 e. The number of amides is 1. The predicted molar refractivity (Wildman–Crippen MR) is 105 cm³/mol. The number of nitrogens with two attached hydrogens (primary N) is 1. The lowest BCUT2D eigenvalue weighted by Gasteiger charge is -2.12. The molecule has 0 aliphatic rings. The SMILES string of the molecule is COCCCn1c(-c2ccc(-c3ccccc3)cc2)cc(C(N)=O)c1C. The average molecular weight is 348 g/mol. The highest BCUT2D eigenvalue weighted by atomic mass is 16.5. The number of carbonyl (C=O) groups is 1. The molecule has 3 aromatic rings. The number of primary amides is 1. The molecule has 2 aromatic carbocycles. The van der Waals surface area contributed by atoms with Gasteiger partial charge in [-0.25, -0.2) is 0 Å². The van der Waals surface area contributed by atoms with Crippen LogP contribution in [-0.4, -0.2) is 24.2 Å². The van der Waals surface area contributed by atoms with Gasteiger partial charge in [0.1, 0.15) is 0 Å². The largest absolute Gasteiger partial charge is 0.385 e. The summed E-state index contributed by atoms with van der Waals surface area (Å²) < 4.78 is 7.31. The van der Waals surface area contributed by atoms with Crippen LogP contribution in [0.2, 0.25) is 0 Å². The van der Waals surface area contributed by atoms with Gasteiger partial charge in [0.2, 0.25) is 0 Å². The maximum Gasteiger partial charge on any atom is 0.250 e. The number of hydrogen-bond donors (Lipinski definition) is 1. The zero-order chi connectivity index (χ0) is 18.5. The van der Waals surface area contributed by atoms with E-state index in [-0.39, 0.29) is 0 Å². The number of benzene rings is 2. The summed E-state index contributed by atoms with van der Waals surface area (Å²) in [4.78, 5) is 11.8. The number of hydrogen-bond acceptors (Lipinski definition) is 2. The van der Waals surface area contributed by atoms with Gasteiger partial charge in [0.25, 0.3) is 5.91 Å². The second-order valence-corrected chi connectivity index (χ2v) is 6.33. The van der Waals surface area contributed by atoms with E-state index in [2.05, 4.69) is 41.0 Å². The third-order valence-electron chi connectivity index (χ3n) is 4.65. The van der Waals surface area contributed by atoms with Crippen molar-refractivity contribution in [2.24, 2.45) is 5.73 Å². The number of methoxy groups -OCH3 is 1. The molecule has 4 heteroatoms. The Balaban J connectivity index is 1.97. The van der Waals surface area contributed by atoms with Crippen LogP contribution in [0, 0.1) is 6.92 Å². The van der Waals surface area contributed by atoms with Crippen molar-refractivity contribution < 1.29 is 9.53 Å². The first-order valence-corrected chi connectivity index (χ1v) is 8.76. The lowest BCUT2D eigenvalue weighted by atomic mass is 10.0. The second-order valence-electron chi connectivity index (χ2n) is 6.33. The Bertz CT molecular complexity index is 881. The molecule has 0 radical (unpaired) electrons. The van der Waals surface area contributed by atoms with E-state index in [0.717, 1.165) is 29.9 Å². The molecule has 3 rings (SSSR count). The summed E-state index contributed by atoms with van der Waals surface area (Å²) in [6, 6.07) is 20.6. The van der Waals surface area contributed by atoms with Crippen molar-refractivity contribution in [1.82, 2.24) is 4.57 Å². The van der Waals surface area contributed by atoms with E-state index in [1.54, 1.807) is 7.11 Å². The van der Waals surface area contributed by atoms with Crippen molar-refractivity contribution in [2.45, 2.75) is 19.9 Å². The lowest BCUT2D eigenvalue weighted by Crippen LogP contribution is -2.13. The second kappa shape index (κ2) is 8.02. The summed E-state index contributed by atoms with van der Waals surface area (Å²) in [7, 11) is 1.70. The van der Waals surface area contributed by atoms with Gasteiger partial charge in [-0.15, -0.1) is 0 Å². The standard InChI is InChI=1S/C22H24N2O2/c1-16-20(22(23)25)15-21(24(16)13-6-14-26-2)19-11-9-18(10-12-19)17-7-4-3-5-8-17/h3-5,7-12,15H,6,13-14H2,1-2H3,(H2,23,25). The van der Waals surface area contributed by atoms with E-state index in [1.165, 1.54) is 11.1 Å². The normalized spacial score (nSPS) is 10.8. The zero-order valence-electron chi connectivity index (χ0n) is 15.2. The Hall–Kier alpha value is -2.85. The zero-order valence-corrected chi connectivity index (χ0v) is 15.2. The van der Waals surface area contributed by atoms with Crippen LogP contribution >= 0.6 is 0 Å². The highest BCUT2D eigenvalue weighted by molar-refractivity contribution is 5.95. The summed E-state index contributed by atoms with van der Waals surface area (Å²) in [5.74, 6) is -0.393. The molecule has 134 valence electrons. The molecule has 1 aromatic heterocycles. The van der Waals surface area contributed by atoms with Gasteiger partial charge in [0.05, 0.1) is 5.56 Å². The molecule has 1 amide bonds. The van der Waals surface area contributed by atoms with Gasteiger partial charge >= 0.3 is 0 Å². The molecule has 0 atom stereocenters. The molecule has 0 unspecified atom stereocenters. The quantitative estimate of drug-likeness (QED) is 0.648. The fourth-order valence-corrected chi connectivity index (χ4v) is 3.25. The van der Waals surface area contributed by atoms with E-state index in [0.29, 0.717) is 12.2 Å². The van der Waals surface area contributed by atoms with Crippen molar-refractivity contribution in [2.75, 3.05) is 13.7 Å². The van der Waals surface area contributed by atoms with E-state index in [4.69, 9.17) is 10.5 Å². The molecule has 0 aliphatic heterocycles. The van der Waals surface area contributed by atoms with Crippen LogP contribution in [0.5, 0.6) is 0 Å². The van der Waals surface area contributed by atoms with Gasteiger partial charge in [-0.1, -0.05) is 54.6 Å². The minimum absolute atomic E-state index is 0.393. The fourth-order valence-electron chi connectivity index (χ4n) is 3.25. The predicted octanol–water partition coefficient (Wildman–Crippen LogP) is 4.27. The summed E-state index contributed by atoms with van der Waals surface area (Å²) >= 11 is 0. The number of rotatable bonds is 7. The number of carbonyl (C=O) groups excluding carboxylic acids is 1. The highest BCUT2D eigenvalue weighted by Gasteiger charge is 2.16. The summed E-state index contributed by atoms with van der Waals surface area (Å²) in [5, 5.41) is 0. The van der Waals surface area contributed by atoms with Gasteiger partial charge in [0.15, 0.2) is 0 Å². The van der Waals surface area contributed by atoms with Crippen molar-refractivity contribution in [1.29, 1.82) is 0 Å². The molecule has 2 N–H and O–H groups in total. The molecule has 0 saturated carbocycles. The van der Waals surface area contributed by atoms with Crippen LogP contribution in [0.3, 0.4) is 0 Å². The smallest absolute Gasteiger partial charge is 0.250 e. The van der Waals surface area contributed by atoms with Crippen LogP contribution in [0.15, 0.2) is 60.7 Å². The van der Waals surface area contributed by atoms with Crippen LogP contribution in [-0.2, 0) is 11.3 Å². The van der Waals surface area contributed by atoms with Crippen LogP contribution in [0.4, 0.5) is 0 Å². The Kier molecular flexibility index (Phi) is 5.54. The van der Waals surface area contributed by atoms with Gasteiger partial charge < -0.3 is 15.0 Å². The molecule has 1 heterocycles. The van der Waals surface area contributed by atoms with Crippen LogP contribution in [0.25, 0.3) is 22.4 Å². The molecular formula is C22H24N2O2. The van der Waals surface area contributed by atoms with Gasteiger partial charge in [-0.05, 0) is 36.1 Å². The lowest BCUT2D eigenvalue weighted by molar-refractivity contribution is 0.0999. The molecule has 0 bridgehead atoms. The topological polar surface area (TPSA) is 57.2 Å². The Morgan fingerprint density at radius 2 is 1.62 bits per heavy atom. The third kappa shape index (κ3) is 3.70. The summed E-state index contributed by atoms with van der Waals surface area (Å²) in [6.07, 6.45) is 0.874. The molecule has 0 saturated heterocycles. The molecule has 0 spiro atoms. The highest BCUT2D eigenvalue weighted by Crippen LogP contribution is 2.28. The monoisotopic (exact) mass is 348 g/mol. The van der Waals surface area contributed by atoms with Gasteiger partial charge in [-0.3, -0.25) is 4.79 Å². The number of ether oxygens (including phenoxy) is 1. The van der Waals surface area contributed by atoms with E-state index in [9.17, 15) is 4.79 Å². The van der Waals surface area contributed by atoms with Crippen molar-refractivity contribution in [3.05, 3.63) is 71.9 Å². The Morgan fingerprint density at radius 3 is 2.23 bits per heavy atom. The molecular weight excluding hydrogens is 324 g/mol. The minimum atomic E-state index is -0.393. The number of aromatic nitrogens is 1. The van der Waals surface area contributed by atoms with E-state index < -0.39 is 5.91 Å². The first-order chi connectivity index (χ1) is 12.6. The molecule has 0 fully saturated rings. The van der Waals surface area contributed by atoms with Crippen molar-refractivity contribution in [3.8, 4) is 22.4 Å².